The molecule has 2 aliphatic heterocycles. The fourth-order valence-electron chi connectivity index (χ4n) is 4.31. The van der Waals surface area contributed by atoms with E-state index in [1.165, 1.54) is 30.5 Å². The maximum absolute atomic E-state index is 12.3. The molecule has 1 amide bonds. The summed E-state index contributed by atoms with van der Waals surface area (Å²) in [5, 5.41) is 0. The highest BCUT2D eigenvalue weighted by atomic mass is 16.2. The molecule has 2 heterocycles. The molecule has 270 valence electrons. The van der Waals surface area contributed by atoms with Crippen LogP contribution < -0.4 is 16.4 Å². The molecule has 46 heavy (non-hydrogen) atoms. The summed E-state index contributed by atoms with van der Waals surface area (Å²) in [7, 11) is 2.15. The molecule has 0 saturated carbocycles. The van der Waals surface area contributed by atoms with Crippen molar-refractivity contribution >= 4 is 17.4 Å². The molecule has 7 nitrogen and oxygen atoms in total. The summed E-state index contributed by atoms with van der Waals surface area (Å²) in [6, 6.07) is 7.91. The molecule has 0 radical (unpaired) electrons. The van der Waals surface area contributed by atoms with Gasteiger partial charge in [0.1, 0.15) is 0 Å². The molecule has 0 bridgehead atoms. The second kappa shape index (κ2) is 24.9. The summed E-state index contributed by atoms with van der Waals surface area (Å²) in [6.07, 6.45) is 5.69. The SMILES string of the molecule is C=C(CC)CCC.CC.CC.CC(=O)c1ccc(N2CCN(C)CC2)cc1.CC1(N)CCN(C(=O)C(C)(N)C(C)(C)C)C1.CCC. The van der Waals surface area contributed by atoms with Crippen molar-refractivity contribution in [1.29, 1.82) is 0 Å². The van der Waals surface area contributed by atoms with Crippen molar-refractivity contribution in [2.45, 2.75) is 140 Å². The number of amides is 1. The van der Waals surface area contributed by atoms with Crippen LogP contribution in [0.3, 0.4) is 0 Å². The van der Waals surface area contributed by atoms with Crippen LogP contribution in [-0.2, 0) is 4.79 Å². The lowest BCUT2D eigenvalue weighted by atomic mass is 9.74. The maximum Gasteiger partial charge on any atom is 0.242 e. The molecular weight excluding hydrogens is 570 g/mol. The van der Waals surface area contributed by atoms with Crippen LogP contribution >= 0.6 is 0 Å². The van der Waals surface area contributed by atoms with Crippen LogP contribution in [0.15, 0.2) is 36.4 Å². The van der Waals surface area contributed by atoms with E-state index in [9.17, 15) is 9.59 Å². The van der Waals surface area contributed by atoms with E-state index in [4.69, 9.17) is 11.5 Å². The van der Waals surface area contributed by atoms with Crippen LogP contribution in [0.5, 0.6) is 0 Å². The van der Waals surface area contributed by atoms with Gasteiger partial charge in [-0.1, -0.05) is 101 Å². The average molecular weight is 648 g/mol. The Bertz CT molecular complexity index is 940. The average Bonchev–Trinajstić information content (AvgIpc) is 3.39. The van der Waals surface area contributed by atoms with Gasteiger partial charge in [-0.3, -0.25) is 9.59 Å². The van der Waals surface area contributed by atoms with E-state index in [0.717, 1.165) is 44.6 Å². The third-order valence-electron chi connectivity index (χ3n) is 8.04. The number of ketones is 1. The van der Waals surface area contributed by atoms with E-state index in [0.29, 0.717) is 13.1 Å². The fraction of sp³-hybridized carbons (Fsp3) is 0.744. The van der Waals surface area contributed by atoms with Crippen LogP contribution in [0.4, 0.5) is 5.69 Å². The van der Waals surface area contributed by atoms with Crippen molar-refractivity contribution < 1.29 is 9.59 Å². The second-order valence-corrected chi connectivity index (χ2v) is 13.5. The van der Waals surface area contributed by atoms with Crippen LogP contribution in [0.2, 0.25) is 0 Å². The number of Topliss-reactive ketones (excluding diaryl/α,β-unsaturated/α-hetero) is 1. The van der Waals surface area contributed by atoms with Crippen molar-refractivity contribution in [2.75, 3.05) is 51.2 Å². The Morgan fingerprint density at radius 2 is 1.35 bits per heavy atom. The van der Waals surface area contributed by atoms with Gasteiger partial charge in [-0.2, -0.15) is 0 Å². The molecule has 4 N–H and O–H groups in total. The minimum Gasteiger partial charge on any atom is -0.369 e. The molecule has 2 fully saturated rings. The first kappa shape index (κ1) is 48.2. The van der Waals surface area contributed by atoms with Crippen molar-refractivity contribution in [2.24, 2.45) is 16.9 Å². The van der Waals surface area contributed by atoms with Gasteiger partial charge in [-0.05, 0) is 76.8 Å². The molecular formula is C39H77N5O2. The van der Waals surface area contributed by atoms with Crippen LogP contribution in [-0.4, -0.2) is 78.9 Å². The first-order valence-electron chi connectivity index (χ1n) is 17.9. The summed E-state index contributed by atoms with van der Waals surface area (Å²) in [6.45, 7) is 37.5. The topological polar surface area (TPSA) is 95.9 Å². The number of carbonyl (C=O) groups is 2. The zero-order valence-corrected chi connectivity index (χ0v) is 33.1. The first-order valence-corrected chi connectivity index (χ1v) is 17.9. The van der Waals surface area contributed by atoms with Crippen LogP contribution in [0, 0.1) is 5.41 Å². The largest absolute Gasteiger partial charge is 0.369 e. The number of piperazine rings is 1. The summed E-state index contributed by atoms with van der Waals surface area (Å²) in [4.78, 5) is 30.0. The fourth-order valence-corrected chi connectivity index (χ4v) is 4.31. The third-order valence-corrected chi connectivity index (χ3v) is 8.04. The molecule has 0 aliphatic carbocycles. The Morgan fingerprint density at radius 1 is 0.891 bits per heavy atom. The van der Waals surface area contributed by atoms with Crippen molar-refractivity contribution in [3.63, 3.8) is 0 Å². The number of hydrogen-bond acceptors (Lipinski definition) is 6. The van der Waals surface area contributed by atoms with E-state index >= 15 is 0 Å². The number of nitrogens with zero attached hydrogens (tertiary/aromatic N) is 3. The lowest BCUT2D eigenvalue weighted by Gasteiger charge is -2.39. The van der Waals surface area contributed by atoms with Crippen molar-refractivity contribution in [3.8, 4) is 0 Å². The Hall–Kier alpha value is -2.22. The molecule has 0 spiro atoms. The van der Waals surface area contributed by atoms with Gasteiger partial charge in [0.05, 0.1) is 5.54 Å². The van der Waals surface area contributed by atoms with Gasteiger partial charge >= 0.3 is 0 Å². The predicted octanol–water partition coefficient (Wildman–Crippen LogP) is 8.56. The number of hydrogen-bond donors (Lipinski definition) is 2. The van der Waals surface area contributed by atoms with Crippen LogP contribution in [0.25, 0.3) is 0 Å². The van der Waals surface area contributed by atoms with Gasteiger partial charge in [-0.25, -0.2) is 0 Å². The van der Waals surface area contributed by atoms with Crippen molar-refractivity contribution in [3.05, 3.63) is 42.0 Å². The Balaban J connectivity index is -0.000000579. The minimum absolute atomic E-state index is 0.00850. The zero-order valence-electron chi connectivity index (χ0n) is 33.1. The molecule has 0 aromatic heterocycles. The van der Waals surface area contributed by atoms with Crippen LogP contribution in [0.1, 0.15) is 139 Å². The molecule has 2 unspecified atom stereocenters. The van der Waals surface area contributed by atoms with E-state index in [1.54, 1.807) is 11.8 Å². The molecule has 7 heteroatoms. The number of nitrogens with two attached hydrogens (primary N) is 2. The standard InChI is InChI=1S/C13H18N2O.C12H25N3O.C7H14.C3H8.2C2H6/c1-11(16)12-3-5-13(6-4-12)15-9-7-14(2)8-10-15;1-10(2,3)12(5,14)9(16)15-7-6-11(4,13)8-15;1-4-6-7(3)5-2;1-3-2;2*1-2/h3-6H,7-10H2,1-2H3;6-8,13-14H2,1-5H3;3-6H2,1-2H3;3H2,1-2H3;2*1-2H3. The second-order valence-electron chi connectivity index (χ2n) is 13.5. The van der Waals surface area contributed by atoms with E-state index in [2.05, 4.69) is 51.1 Å². The Labute approximate surface area is 286 Å². The minimum atomic E-state index is -0.840. The van der Waals surface area contributed by atoms with Gasteiger partial charge in [-0.15, -0.1) is 0 Å². The summed E-state index contributed by atoms with van der Waals surface area (Å²) < 4.78 is 0. The molecule has 1 aromatic rings. The maximum atomic E-state index is 12.3. The summed E-state index contributed by atoms with van der Waals surface area (Å²) >= 11 is 0. The normalized spacial score (nSPS) is 18.6. The Kier molecular flexibility index (Phi) is 26.1. The quantitative estimate of drug-likeness (QED) is 0.237. The number of likely N-dealkylation sites (N-methyl/N-ethyl adjacent to an activating group) is 1. The third kappa shape index (κ3) is 18.8. The summed E-state index contributed by atoms with van der Waals surface area (Å²) in [5.41, 5.74) is 14.2. The number of allylic oxidation sites excluding steroid dienone is 1. The van der Waals surface area contributed by atoms with Gasteiger partial charge in [0.15, 0.2) is 5.78 Å². The zero-order chi connectivity index (χ0) is 36.7. The van der Waals surface area contributed by atoms with Crippen molar-refractivity contribution in [1.82, 2.24) is 9.80 Å². The number of benzene rings is 1. The van der Waals surface area contributed by atoms with Gasteiger partial charge in [0, 0.05) is 56.1 Å². The smallest absolute Gasteiger partial charge is 0.242 e. The lowest BCUT2D eigenvalue weighted by Crippen LogP contribution is -2.60. The number of anilines is 1. The number of carbonyl (C=O) groups excluding carboxylic acids is 2. The highest BCUT2D eigenvalue weighted by Crippen LogP contribution is 2.31. The molecule has 2 saturated heterocycles. The van der Waals surface area contributed by atoms with E-state index in [1.807, 2.05) is 86.6 Å². The molecule has 3 rings (SSSR count). The molecule has 2 atom stereocenters. The number of rotatable bonds is 6. The van der Waals surface area contributed by atoms with E-state index < -0.39 is 5.54 Å². The van der Waals surface area contributed by atoms with Gasteiger partial charge in [0.2, 0.25) is 5.91 Å². The number of likely N-dealkylation sites (tertiary alicyclic amines) is 1. The predicted molar refractivity (Wildman–Crippen MR) is 205 cm³/mol. The van der Waals surface area contributed by atoms with E-state index in [-0.39, 0.29) is 22.6 Å². The van der Waals surface area contributed by atoms with Gasteiger partial charge in [0.25, 0.3) is 0 Å². The first-order chi connectivity index (χ1) is 21.4. The Morgan fingerprint density at radius 3 is 1.65 bits per heavy atom. The molecule has 1 aromatic carbocycles. The summed E-state index contributed by atoms with van der Waals surface area (Å²) in [5.74, 6) is 0.138. The monoisotopic (exact) mass is 648 g/mol. The highest BCUT2D eigenvalue weighted by molar-refractivity contribution is 5.94. The molecule has 2 aliphatic rings. The van der Waals surface area contributed by atoms with Gasteiger partial charge < -0.3 is 26.2 Å². The lowest BCUT2D eigenvalue weighted by molar-refractivity contribution is -0.139. The highest BCUT2D eigenvalue weighted by Gasteiger charge is 2.45.